The summed E-state index contributed by atoms with van der Waals surface area (Å²) in [6.45, 7) is 6.02. The first-order chi connectivity index (χ1) is 13.0. The van der Waals surface area contributed by atoms with Crippen LogP contribution in [0.25, 0.3) is 0 Å². The van der Waals surface area contributed by atoms with Gasteiger partial charge in [-0.25, -0.2) is 0 Å². The van der Waals surface area contributed by atoms with Crippen LogP contribution in [0, 0.1) is 5.92 Å². The van der Waals surface area contributed by atoms with Crippen LogP contribution in [0.4, 0.5) is 5.69 Å². The molecule has 1 heterocycles. The summed E-state index contributed by atoms with van der Waals surface area (Å²) in [5, 5.41) is 5.52. The van der Waals surface area contributed by atoms with E-state index in [1.54, 1.807) is 6.92 Å². The van der Waals surface area contributed by atoms with Gasteiger partial charge in [0.15, 0.2) is 6.54 Å². The third-order valence-corrected chi connectivity index (χ3v) is 4.84. The molecular formula is C20H30N3O4+. The molecule has 0 aromatic heterocycles. The number of quaternary nitrogens is 1. The van der Waals surface area contributed by atoms with Gasteiger partial charge in [-0.1, -0.05) is 25.1 Å². The summed E-state index contributed by atoms with van der Waals surface area (Å²) in [6.07, 6.45) is 2.29. The van der Waals surface area contributed by atoms with Crippen molar-refractivity contribution in [3.63, 3.8) is 0 Å². The van der Waals surface area contributed by atoms with Crippen LogP contribution in [0.2, 0.25) is 0 Å². The smallest absolute Gasteiger partial charge is 0.309 e. The number of hydrogen-bond donors (Lipinski definition) is 3. The third kappa shape index (κ3) is 6.67. The zero-order valence-electron chi connectivity index (χ0n) is 16.2. The number of para-hydroxylation sites is 1. The Balaban J connectivity index is 1.69. The Morgan fingerprint density at radius 1 is 1.11 bits per heavy atom. The number of piperidine rings is 1. The molecule has 148 valence electrons. The van der Waals surface area contributed by atoms with Crippen LogP contribution in [0.1, 0.15) is 32.3 Å². The lowest BCUT2D eigenvalue weighted by Crippen LogP contribution is -3.14. The molecule has 0 radical (unpaired) electrons. The molecule has 2 amide bonds. The predicted octanol–water partition coefficient (Wildman–Crippen LogP) is 0.162. The molecule has 27 heavy (non-hydrogen) atoms. The van der Waals surface area contributed by atoms with E-state index in [0.29, 0.717) is 13.2 Å². The van der Waals surface area contributed by atoms with Crippen molar-refractivity contribution in [3.05, 3.63) is 29.8 Å². The maximum absolute atomic E-state index is 12.1. The summed E-state index contributed by atoms with van der Waals surface area (Å²) in [6, 6.07) is 7.63. The average molecular weight is 376 g/mol. The van der Waals surface area contributed by atoms with E-state index in [-0.39, 0.29) is 30.2 Å². The Labute approximate surface area is 160 Å². The number of amides is 2. The lowest BCUT2D eigenvalue weighted by molar-refractivity contribution is -0.897. The van der Waals surface area contributed by atoms with Crippen LogP contribution in [0.5, 0.6) is 0 Å². The summed E-state index contributed by atoms with van der Waals surface area (Å²) >= 11 is 0. The number of carbonyl (C=O) groups is 3. The molecule has 7 heteroatoms. The van der Waals surface area contributed by atoms with Crippen molar-refractivity contribution in [3.8, 4) is 0 Å². The number of nitrogens with one attached hydrogen (secondary N) is 3. The molecule has 0 spiro atoms. The topological polar surface area (TPSA) is 88.9 Å². The van der Waals surface area contributed by atoms with Crippen molar-refractivity contribution in [1.82, 2.24) is 5.32 Å². The number of ether oxygens (including phenoxy) is 1. The normalized spacial score (nSPS) is 19.2. The van der Waals surface area contributed by atoms with Gasteiger partial charge in [-0.3, -0.25) is 14.4 Å². The monoisotopic (exact) mass is 376 g/mol. The van der Waals surface area contributed by atoms with E-state index in [1.165, 1.54) is 0 Å². The van der Waals surface area contributed by atoms with Gasteiger partial charge in [0.05, 0.1) is 32.2 Å². The minimum atomic E-state index is -0.236. The second kappa shape index (κ2) is 10.7. The molecular weight excluding hydrogens is 346 g/mol. The minimum Gasteiger partial charge on any atom is -0.466 e. The summed E-state index contributed by atoms with van der Waals surface area (Å²) in [5.41, 5.74) is 1.84. The van der Waals surface area contributed by atoms with Crippen LogP contribution < -0.4 is 15.5 Å². The first-order valence-corrected chi connectivity index (χ1v) is 9.68. The van der Waals surface area contributed by atoms with Crippen LogP contribution in [-0.2, 0) is 25.5 Å². The van der Waals surface area contributed by atoms with Gasteiger partial charge in [-0.15, -0.1) is 0 Å². The zero-order chi connectivity index (χ0) is 19.6. The van der Waals surface area contributed by atoms with Gasteiger partial charge in [0.2, 0.25) is 5.91 Å². The van der Waals surface area contributed by atoms with E-state index in [2.05, 4.69) is 10.6 Å². The average Bonchev–Trinajstić information content (AvgIpc) is 2.67. The molecule has 7 nitrogen and oxygen atoms in total. The molecule has 0 atom stereocenters. The molecule has 1 aliphatic rings. The van der Waals surface area contributed by atoms with Gasteiger partial charge < -0.3 is 20.3 Å². The summed E-state index contributed by atoms with van der Waals surface area (Å²) in [5.74, 6) is -0.579. The number of benzene rings is 1. The number of rotatable bonds is 8. The fourth-order valence-electron chi connectivity index (χ4n) is 3.31. The SMILES string of the molecule is CCOC(=O)C1CC[NH+](CC(=O)NCC(=O)Nc2ccccc2CC)CC1. The second-order valence-corrected chi connectivity index (χ2v) is 6.79. The van der Waals surface area contributed by atoms with Gasteiger partial charge in [-0.2, -0.15) is 0 Å². The number of hydrogen-bond acceptors (Lipinski definition) is 4. The van der Waals surface area contributed by atoms with Gasteiger partial charge in [0.1, 0.15) is 0 Å². The van der Waals surface area contributed by atoms with Crippen LogP contribution in [0.3, 0.4) is 0 Å². The Hall–Kier alpha value is -2.41. The standard InChI is InChI=1S/C20H29N3O4/c1-3-15-7-5-6-8-17(15)22-18(24)13-21-19(25)14-23-11-9-16(10-12-23)20(26)27-4-2/h5-8,16H,3-4,9-14H2,1-2H3,(H,21,25)(H,22,24)/p+1. The molecule has 1 aliphatic heterocycles. The predicted molar refractivity (Wildman–Crippen MR) is 102 cm³/mol. The first kappa shape index (κ1) is 20.9. The number of esters is 1. The van der Waals surface area contributed by atoms with Crippen molar-refractivity contribution in [1.29, 1.82) is 0 Å². The van der Waals surface area contributed by atoms with Gasteiger partial charge in [-0.05, 0) is 25.0 Å². The van der Waals surface area contributed by atoms with Crippen LogP contribution in [0.15, 0.2) is 24.3 Å². The molecule has 0 aliphatic carbocycles. The number of aryl methyl sites for hydroxylation is 1. The maximum atomic E-state index is 12.1. The second-order valence-electron chi connectivity index (χ2n) is 6.79. The lowest BCUT2D eigenvalue weighted by atomic mass is 9.97. The molecule has 0 unspecified atom stereocenters. The van der Waals surface area contributed by atoms with Gasteiger partial charge in [0.25, 0.3) is 5.91 Å². The fraction of sp³-hybridized carbons (Fsp3) is 0.550. The molecule has 1 fully saturated rings. The number of anilines is 1. The first-order valence-electron chi connectivity index (χ1n) is 9.68. The van der Waals surface area contributed by atoms with Crippen LogP contribution in [-0.4, -0.2) is 50.6 Å². The van der Waals surface area contributed by atoms with E-state index in [1.807, 2.05) is 31.2 Å². The van der Waals surface area contributed by atoms with Crippen molar-refractivity contribution in [2.75, 3.05) is 38.1 Å². The van der Waals surface area contributed by atoms with Crippen molar-refractivity contribution >= 4 is 23.5 Å². The van der Waals surface area contributed by atoms with E-state index < -0.39 is 0 Å². The van der Waals surface area contributed by atoms with E-state index in [9.17, 15) is 14.4 Å². The fourth-order valence-corrected chi connectivity index (χ4v) is 3.31. The Morgan fingerprint density at radius 3 is 2.48 bits per heavy atom. The molecule has 3 N–H and O–H groups in total. The highest BCUT2D eigenvalue weighted by Crippen LogP contribution is 2.15. The number of carbonyl (C=O) groups excluding carboxylic acids is 3. The highest BCUT2D eigenvalue weighted by Gasteiger charge is 2.29. The molecule has 0 bridgehead atoms. The minimum absolute atomic E-state index is 0.0460. The van der Waals surface area contributed by atoms with E-state index >= 15 is 0 Å². The molecule has 1 aromatic carbocycles. The molecule has 2 rings (SSSR count). The van der Waals surface area contributed by atoms with Gasteiger partial charge in [0, 0.05) is 18.5 Å². The summed E-state index contributed by atoms with van der Waals surface area (Å²) in [7, 11) is 0. The van der Waals surface area contributed by atoms with Crippen LogP contribution >= 0.6 is 0 Å². The summed E-state index contributed by atoms with van der Waals surface area (Å²) < 4.78 is 5.06. The van der Waals surface area contributed by atoms with E-state index in [4.69, 9.17) is 4.74 Å². The lowest BCUT2D eigenvalue weighted by Gasteiger charge is -2.27. The van der Waals surface area contributed by atoms with E-state index in [0.717, 1.165) is 48.5 Å². The van der Waals surface area contributed by atoms with Crippen molar-refractivity contribution in [2.24, 2.45) is 5.92 Å². The Morgan fingerprint density at radius 2 is 1.81 bits per heavy atom. The Bertz CT molecular complexity index is 654. The Kier molecular flexibility index (Phi) is 8.26. The van der Waals surface area contributed by atoms with Crippen molar-refractivity contribution < 1.29 is 24.0 Å². The number of likely N-dealkylation sites (tertiary alicyclic amines) is 1. The highest BCUT2D eigenvalue weighted by atomic mass is 16.5. The quantitative estimate of drug-likeness (QED) is 0.564. The summed E-state index contributed by atoms with van der Waals surface area (Å²) in [4.78, 5) is 37.1. The maximum Gasteiger partial charge on any atom is 0.309 e. The molecule has 1 aromatic rings. The largest absolute Gasteiger partial charge is 0.466 e. The molecule has 1 saturated heterocycles. The van der Waals surface area contributed by atoms with Crippen molar-refractivity contribution in [2.45, 2.75) is 33.1 Å². The van der Waals surface area contributed by atoms with Gasteiger partial charge >= 0.3 is 5.97 Å². The highest BCUT2D eigenvalue weighted by molar-refractivity contribution is 5.95. The molecule has 0 saturated carbocycles. The zero-order valence-corrected chi connectivity index (χ0v) is 16.2. The third-order valence-electron chi connectivity index (χ3n) is 4.84.